The fourth-order valence-corrected chi connectivity index (χ4v) is 1.81. The zero-order valence-corrected chi connectivity index (χ0v) is 13.6. The molecule has 0 unspecified atom stereocenters. The van der Waals surface area contributed by atoms with E-state index in [2.05, 4.69) is 10.6 Å². The van der Waals surface area contributed by atoms with Gasteiger partial charge in [0.15, 0.2) is 13.6 Å². The molecule has 0 aliphatic carbocycles. The first-order valence-electron chi connectivity index (χ1n) is 7.71. The lowest BCUT2D eigenvalue weighted by Crippen LogP contribution is -2.21. The van der Waals surface area contributed by atoms with Gasteiger partial charge in [-0.1, -0.05) is 36.4 Å². The molecule has 0 aromatic heterocycles. The van der Waals surface area contributed by atoms with Crippen molar-refractivity contribution in [3.05, 3.63) is 60.7 Å². The van der Waals surface area contributed by atoms with E-state index in [9.17, 15) is 9.59 Å². The molecule has 0 saturated heterocycles. The second-order valence-corrected chi connectivity index (χ2v) is 4.91. The van der Waals surface area contributed by atoms with E-state index in [0.29, 0.717) is 0 Å². The van der Waals surface area contributed by atoms with Crippen molar-refractivity contribution in [1.29, 1.82) is 0 Å². The number of hydrogen-bond acceptors (Lipinski definition) is 7. The largest absolute Gasteiger partial charge is 0.437 e. The molecule has 0 aliphatic rings. The molecule has 2 aromatic rings. The zero-order chi connectivity index (χ0) is 17.7. The Bertz CT molecular complexity index is 592. The molecule has 7 heteroatoms. The Hall–Kier alpha value is -3.06. The number of nitrogens with one attached hydrogen (secondary N) is 2. The number of ether oxygens (including phenoxy) is 3. The number of carbonyl (C=O) groups excluding carboxylic acids is 2. The van der Waals surface area contributed by atoms with Crippen LogP contribution in [0.1, 0.15) is 0 Å². The van der Waals surface area contributed by atoms with Crippen LogP contribution in [0.25, 0.3) is 0 Å². The van der Waals surface area contributed by atoms with Crippen molar-refractivity contribution in [2.45, 2.75) is 0 Å². The summed E-state index contributed by atoms with van der Waals surface area (Å²) in [6.45, 7) is -0.522. The Labute approximate surface area is 145 Å². The summed E-state index contributed by atoms with van der Waals surface area (Å²) in [5, 5.41) is 5.82. The van der Waals surface area contributed by atoms with Crippen molar-refractivity contribution in [1.82, 2.24) is 0 Å². The van der Waals surface area contributed by atoms with Crippen LogP contribution in [-0.2, 0) is 23.8 Å². The van der Waals surface area contributed by atoms with Crippen molar-refractivity contribution >= 4 is 23.3 Å². The molecule has 0 fully saturated rings. The molecule has 0 atom stereocenters. The van der Waals surface area contributed by atoms with Crippen molar-refractivity contribution in [3.63, 3.8) is 0 Å². The van der Waals surface area contributed by atoms with Gasteiger partial charge < -0.3 is 24.8 Å². The molecule has 0 spiro atoms. The molecule has 0 saturated carbocycles. The van der Waals surface area contributed by atoms with Gasteiger partial charge in [-0.05, 0) is 24.3 Å². The van der Waals surface area contributed by atoms with E-state index in [4.69, 9.17) is 14.2 Å². The number of hydrogen-bond donors (Lipinski definition) is 2. The molecular weight excluding hydrogens is 324 g/mol. The third-order valence-electron chi connectivity index (χ3n) is 3.03. The first-order valence-corrected chi connectivity index (χ1v) is 7.71. The molecule has 0 amide bonds. The normalized spacial score (nSPS) is 9.92. The maximum atomic E-state index is 11.5. The summed E-state index contributed by atoms with van der Waals surface area (Å²) < 4.78 is 14.6. The van der Waals surface area contributed by atoms with E-state index < -0.39 is 11.9 Å². The molecule has 25 heavy (non-hydrogen) atoms. The summed E-state index contributed by atoms with van der Waals surface area (Å²) in [6, 6.07) is 18.6. The van der Waals surface area contributed by atoms with Gasteiger partial charge in [0.2, 0.25) is 0 Å². The second-order valence-electron chi connectivity index (χ2n) is 4.91. The maximum Gasteiger partial charge on any atom is 0.327 e. The van der Waals surface area contributed by atoms with Crippen LogP contribution in [0.3, 0.4) is 0 Å². The summed E-state index contributed by atoms with van der Waals surface area (Å²) in [7, 11) is 0. The van der Waals surface area contributed by atoms with Crippen LogP contribution < -0.4 is 10.6 Å². The summed E-state index contributed by atoms with van der Waals surface area (Å²) in [4.78, 5) is 23.0. The smallest absolute Gasteiger partial charge is 0.327 e. The van der Waals surface area contributed by atoms with Gasteiger partial charge >= 0.3 is 11.9 Å². The highest BCUT2D eigenvalue weighted by Crippen LogP contribution is 2.04. The number of benzene rings is 2. The summed E-state index contributed by atoms with van der Waals surface area (Å²) in [5.74, 6) is -0.943. The number of esters is 2. The second kappa shape index (κ2) is 10.7. The third-order valence-corrected chi connectivity index (χ3v) is 3.03. The van der Waals surface area contributed by atoms with Crippen LogP contribution >= 0.6 is 0 Å². The summed E-state index contributed by atoms with van der Waals surface area (Å²) in [5.41, 5.74) is 1.64. The number of para-hydroxylation sites is 2. The zero-order valence-electron chi connectivity index (χ0n) is 13.6. The molecule has 0 aliphatic heterocycles. The number of rotatable bonds is 10. The van der Waals surface area contributed by atoms with Gasteiger partial charge in [-0.15, -0.1) is 0 Å². The van der Waals surface area contributed by atoms with E-state index in [1.54, 1.807) is 0 Å². The fraction of sp³-hybridized carbons (Fsp3) is 0.222. The lowest BCUT2D eigenvalue weighted by Gasteiger charge is -2.09. The molecule has 0 bridgehead atoms. The highest BCUT2D eigenvalue weighted by Gasteiger charge is 2.04. The van der Waals surface area contributed by atoms with Crippen molar-refractivity contribution < 1.29 is 23.8 Å². The van der Waals surface area contributed by atoms with Gasteiger partial charge in [0.1, 0.15) is 13.1 Å². The van der Waals surface area contributed by atoms with Crippen LogP contribution in [-0.4, -0.2) is 38.6 Å². The van der Waals surface area contributed by atoms with E-state index in [0.717, 1.165) is 11.4 Å². The monoisotopic (exact) mass is 344 g/mol. The van der Waals surface area contributed by atoms with Crippen molar-refractivity contribution in [2.75, 3.05) is 37.3 Å². The van der Waals surface area contributed by atoms with Gasteiger partial charge in [-0.25, -0.2) is 0 Å². The van der Waals surface area contributed by atoms with E-state index in [1.165, 1.54) is 0 Å². The van der Waals surface area contributed by atoms with Gasteiger partial charge in [-0.3, -0.25) is 9.59 Å². The van der Waals surface area contributed by atoms with E-state index in [-0.39, 0.29) is 26.7 Å². The average Bonchev–Trinajstić information content (AvgIpc) is 2.66. The topological polar surface area (TPSA) is 85.9 Å². The predicted molar refractivity (Wildman–Crippen MR) is 92.9 cm³/mol. The average molecular weight is 344 g/mol. The minimum absolute atomic E-state index is 0.0220. The Morgan fingerprint density at radius 3 is 1.48 bits per heavy atom. The van der Waals surface area contributed by atoms with Crippen molar-refractivity contribution in [3.8, 4) is 0 Å². The lowest BCUT2D eigenvalue weighted by molar-refractivity contribution is -0.173. The van der Waals surface area contributed by atoms with Crippen LogP contribution in [0.15, 0.2) is 60.7 Å². The van der Waals surface area contributed by atoms with Crippen LogP contribution in [0.2, 0.25) is 0 Å². The standard InChI is InChI=1S/C18H20N2O5/c21-17(11-19-15-7-3-1-4-8-15)24-13-23-14-25-18(22)12-20-16-9-5-2-6-10-16/h1-10,19-20H,11-14H2. The molecule has 0 heterocycles. The molecule has 0 radical (unpaired) electrons. The molecule has 132 valence electrons. The number of anilines is 2. The van der Waals surface area contributed by atoms with Gasteiger partial charge in [0.05, 0.1) is 0 Å². The summed E-state index contributed by atoms with van der Waals surface area (Å²) >= 11 is 0. The van der Waals surface area contributed by atoms with Gasteiger partial charge in [0.25, 0.3) is 0 Å². The SMILES string of the molecule is O=C(CNc1ccccc1)OCOCOC(=O)CNc1ccccc1. The lowest BCUT2D eigenvalue weighted by atomic mass is 10.3. The Kier molecular flexibility index (Phi) is 7.80. The predicted octanol–water partition coefficient (Wildman–Crippen LogP) is 2.23. The quantitative estimate of drug-likeness (QED) is 0.388. The van der Waals surface area contributed by atoms with Crippen LogP contribution in [0.4, 0.5) is 11.4 Å². The van der Waals surface area contributed by atoms with E-state index in [1.807, 2.05) is 60.7 Å². The van der Waals surface area contributed by atoms with Gasteiger partial charge in [0, 0.05) is 11.4 Å². The first kappa shape index (κ1) is 18.3. The first-order chi connectivity index (χ1) is 12.2. The molecular formula is C18H20N2O5. The highest BCUT2D eigenvalue weighted by molar-refractivity contribution is 5.75. The molecule has 2 rings (SSSR count). The minimum atomic E-state index is -0.471. The van der Waals surface area contributed by atoms with Crippen molar-refractivity contribution in [2.24, 2.45) is 0 Å². The van der Waals surface area contributed by atoms with Gasteiger partial charge in [-0.2, -0.15) is 0 Å². The van der Waals surface area contributed by atoms with E-state index >= 15 is 0 Å². The highest BCUT2D eigenvalue weighted by atomic mass is 16.8. The molecule has 2 aromatic carbocycles. The fourth-order valence-electron chi connectivity index (χ4n) is 1.81. The Morgan fingerprint density at radius 1 is 0.680 bits per heavy atom. The number of carbonyl (C=O) groups is 2. The third kappa shape index (κ3) is 7.85. The van der Waals surface area contributed by atoms with Crippen LogP contribution in [0, 0.1) is 0 Å². The molecule has 2 N–H and O–H groups in total. The Morgan fingerprint density at radius 2 is 1.08 bits per heavy atom. The summed E-state index contributed by atoms with van der Waals surface area (Å²) in [6.07, 6.45) is 0. The maximum absolute atomic E-state index is 11.5. The minimum Gasteiger partial charge on any atom is -0.437 e. The Balaban J connectivity index is 1.48. The molecule has 7 nitrogen and oxygen atoms in total. The van der Waals surface area contributed by atoms with Crippen LogP contribution in [0.5, 0.6) is 0 Å².